The molecule has 0 amide bonds. The highest BCUT2D eigenvalue weighted by atomic mass is 16.5. The number of benzene rings is 3. The Balaban J connectivity index is 2.48. The van der Waals surface area contributed by atoms with Gasteiger partial charge in [0.2, 0.25) is 0 Å². The van der Waals surface area contributed by atoms with E-state index < -0.39 is 0 Å². The second-order valence-electron chi connectivity index (χ2n) is 3.96. The van der Waals surface area contributed by atoms with Crippen molar-refractivity contribution < 1.29 is 4.52 Å². The summed E-state index contributed by atoms with van der Waals surface area (Å²) in [5, 5.41) is 12.0. The molecule has 0 aliphatic carbocycles. The first-order chi connectivity index (χ1) is 8.45. The summed E-state index contributed by atoms with van der Waals surface area (Å²) in [6.07, 6.45) is 0. The number of fused-ring (bicyclic) bond motifs is 6. The molecule has 0 N–H and O–H groups in total. The molecule has 0 spiro atoms. The normalized spacial score (nSPS) is 11.5. The van der Waals surface area contributed by atoms with Crippen LogP contribution < -0.4 is 0 Å². The van der Waals surface area contributed by atoms with Gasteiger partial charge in [0, 0.05) is 16.0 Å². The van der Waals surface area contributed by atoms with Gasteiger partial charge in [-0.2, -0.15) is 0 Å². The van der Waals surface area contributed by atoms with Gasteiger partial charge >= 0.3 is 0 Å². The number of hydrogen-bond donors (Lipinski definition) is 0. The summed E-state index contributed by atoms with van der Waals surface area (Å²) in [5.41, 5.74) is 1.51. The predicted molar refractivity (Wildman–Crippen MR) is 65.7 cm³/mol. The van der Waals surface area contributed by atoms with Crippen LogP contribution in [0.15, 0.2) is 47.0 Å². The number of rotatable bonds is 0. The zero-order valence-electron chi connectivity index (χ0n) is 8.84. The average Bonchev–Trinajstić information content (AvgIpc) is 2.89. The van der Waals surface area contributed by atoms with Crippen molar-refractivity contribution in [3.8, 4) is 0 Å². The fraction of sp³-hybridized carbons (Fsp3) is 0. The lowest BCUT2D eigenvalue weighted by molar-refractivity contribution is 0.426. The topological polar surface area (TPSA) is 38.9 Å². The van der Waals surface area contributed by atoms with E-state index in [4.69, 9.17) is 4.52 Å². The van der Waals surface area contributed by atoms with Gasteiger partial charge in [-0.15, -0.1) is 5.10 Å². The summed E-state index contributed by atoms with van der Waals surface area (Å²) in [6, 6.07) is 17.3. The molecule has 3 heteroatoms. The molecule has 0 bridgehead atoms. The smallest absolute Gasteiger partial charge is 0.196 e. The minimum atomic E-state index is 0.708. The summed E-state index contributed by atoms with van der Waals surface area (Å²) in [7, 11) is 0. The zero-order valence-corrected chi connectivity index (χ0v) is 8.84. The van der Waals surface area contributed by atoms with E-state index in [2.05, 4.69) is 28.6 Å². The van der Waals surface area contributed by atoms with E-state index >= 15 is 0 Å². The van der Waals surface area contributed by atoms with Crippen LogP contribution in [0.2, 0.25) is 0 Å². The average molecular weight is 219 g/mol. The van der Waals surface area contributed by atoms with Gasteiger partial charge < -0.3 is 4.52 Å². The summed E-state index contributed by atoms with van der Waals surface area (Å²) in [6.45, 7) is 0. The van der Waals surface area contributed by atoms with Crippen molar-refractivity contribution >= 4 is 32.6 Å². The first kappa shape index (κ1) is 8.70. The number of aromatic nitrogens is 2. The molecule has 0 aliphatic rings. The quantitative estimate of drug-likeness (QED) is 0.426. The van der Waals surface area contributed by atoms with Gasteiger partial charge in [0.1, 0.15) is 5.52 Å². The Morgan fingerprint density at radius 3 is 2.71 bits per heavy atom. The Bertz CT molecular complexity index is 779. The Hall–Kier alpha value is -2.42. The fourth-order valence-corrected chi connectivity index (χ4v) is 2.30. The third kappa shape index (κ3) is 1.05. The molecule has 0 fully saturated rings. The highest BCUT2D eigenvalue weighted by molar-refractivity contribution is 6.22. The highest BCUT2D eigenvalue weighted by Crippen LogP contribution is 2.32. The number of hydrogen-bond acceptors (Lipinski definition) is 3. The Kier molecular flexibility index (Phi) is 1.56. The van der Waals surface area contributed by atoms with E-state index in [9.17, 15) is 0 Å². The standard InChI is InChI=1S/C14H7N2O/c1-3-7-11-9(5-1)10-6-2-4-8-12(10)14-13(11)15-16-17-14/h1-7H. The van der Waals surface area contributed by atoms with E-state index in [-0.39, 0.29) is 0 Å². The summed E-state index contributed by atoms with van der Waals surface area (Å²) < 4.78 is 5.25. The van der Waals surface area contributed by atoms with Crippen LogP contribution >= 0.6 is 0 Å². The van der Waals surface area contributed by atoms with Crippen LogP contribution in [-0.4, -0.2) is 10.4 Å². The molecule has 1 aromatic heterocycles. The molecule has 0 saturated heterocycles. The second-order valence-corrected chi connectivity index (χ2v) is 3.96. The molecule has 0 unspecified atom stereocenters. The molecule has 1 heterocycles. The largest absolute Gasteiger partial charge is 0.336 e. The first-order valence-electron chi connectivity index (χ1n) is 5.38. The van der Waals surface area contributed by atoms with Crippen molar-refractivity contribution in [3.05, 3.63) is 48.5 Å². The molecule has 3 nitrogen and oxygen atoms in total. The molecule has 79 valence electrons. The predicted octanol–water partition coefficient (Wildman–Crippen LogP) is 3.33. The van der Waals surface area contributed by atoms with Crippen LogP contribution in [0.4, 0.5) is 0 Å². The van der Waals surface area contributed by atoms with E-state index in [1.165, 1.54) is 0 Å². The van der Waals surface area contributed by atoms with Gasteiger partial charge in [0.15, 0.2) is 5.58 Å². The maximum Gasteiger partial charge on any atom is 0.196 e. The first-order valence-corrected chi connectivity index (χ1v) is 5.38. The lowest BCUT2D eigenvalue weighted by Crippen LogP contribution is -1.80. The van der Waals surface area contributed by atoms with Crippen LogP contribution in [0.5, 0.6) is 0 Å². The lowest BCUT2D eigenvalue weighted by atomic mass is 10.0. The molecule has 4 rings (SSSR count). The lowest BCUT2D eigenvalue weighted by Gasteiger charge is -2.02. The molecule has 1 radical (unpaired) electrons. The minimum absolute atomic E-state index is 0.708. The number of nitrogens with zero attached hydrogens (tertiary/aromatic N) is 2. The van der Waals surface area contributed by atoms with Crippen LogP contribution in [0.25, 0.3) is 32.6 Å². The molecule has 0 atom stereocenters. The maximum atomic E-state index is 5.25. The van der Waals surface area contributed by atoms with E-state index in [0.29, 0.717) is 5.58 Å². The van der Waals surface area contributed by atoms with Crippen LogP contribution in [-0.2, 0) is 0 Å². The van der Waals surface area contributed by atoms with Crippen LogP contribution in [0.3, 0.4) is 0 Å². The minimum Gasteiger partial charge on any atom is -0.336 e. The summed E-state index contributed by atoms with van der Waals surface area (Å²) in [5.74, 6) is 0. The zero-order chi connectivity index (χ0) is 11.2. The molecule has 4 aromatic rings. The molecule has 17 heavy (non-hydrogen) atoms. The van der Waals surface area contributed by atoms with Gasteiger partial charge in [-0.25, -0.2) is 0 Å². The van der Waals surface area contributed by atoms with Crippen LogP contribution in [0.1, 0.15) is 0 Å². The van der Waals surface area contributed by atoms with Gasteiger partial charge in [-0.3, -0.25) is 0 Å². The second kappa shape index (κ2) is 3.04. The molecular weight excluding hydrogens is 212 g/mol. The fourth-order valence-electron chi connectivity index (χ4n) is 2.30. The molecule has 3 aromatic carbocycles. The van der Waals surface area contributed by atoms with Gasteiger partial charge in [0.05, 0.1) is 0 Å². The molecular formula is C14H7N2O. The summed E-state index contributed by atoms with van der Waals surface area (Å²) >= 11 is 0. The third-order valence-electron chi connectivity index (χ3n) is 3.04. The van der Waals surface area contributed by atoms with Crippen LogP contribution in [0, 0.1) is 6.07 Å². The van der Waals surface area contributed by atoms with Crippen molar-refractivity contribution in [1.29, 1.82) is 0 Å². The molecule has 0 aliphatic heterocycles. The Labute approximate surface area is 96.6 Å². The van der Waals surface area contributed by atoms with Gasteiger partial charge in [-0.05, 0) is 16.8 Å². The van der Waals surface area contributed by atoms with Crippen molar-refractivity contribution in [3.63, 3.8) is 0 Å². The van der Waals surface area contributed by atoms with E-state index in [1.54, 1.807) is 0 Å². The maximum absolute atomic E-state index is 5.25. The van der Waals surface area contributed by atoms with Crippen molar-refractivity contribution in [2.45, 2.75) is 0 Å². The highest BCUT2D eigenvalue weighted by Gasteiger charge is 2.11. The van der Waals surface area contributed by atoms with Crippen molar-refractivity contribution in [2.24, 2.45) is 0 Å². The van der Waals surface area contributed by atoms with Crippen molar-refractivity contribution in [2.75, 3.05) is 0 Å². The Morgan fingerprint density at radius 1 is 0.941 bits per heavy atom. The van der Waals surface area contributed by atoms with Crippen molar-refractivity contribution in [1.82, 2.24) is 10.4 Å². The van der Waals surface area contributed by atoms with Gasteiger partial charge in [-0.1, -0.05) is 42.5 Å². The van der Waals surface area contributed by atoms with E-state index in [0.717, 1.165) is 27.1 Å². The summed E-state index contributed by atoms with van der Waals surface area (Å²) in [4.78, 5) is 0. The van der Waals surface area contributed by atoms with Gasteiger partial charge in [0.25, 0.3) is 0 Å². The SMILES string of the molecule is [c]1cccc2c1c1onnc1c1ccccc21. The third-order valence-corrected chi connectivity index (χ3v) is 3.04. The van der Waals surface area contributed by atoms with E-state index in [1.807, 2.05) is 30.3 Å². The monoisotopic (exact) mass is 219 g/mol. The Morgan fingerprint density at radius 2 is 1.76 bits per heavy atom. The molecule has 0 saturated carbocycles.